The van der Waals surface area contributed by atoms with Crippen molar-refractivity contribution in [2.75, 3.05) is 6.54 Å². The molecule has 2 atom stereocenters. The van der Waals surface area contributed by atoms with Gasteiger partial charge in [-0.15, -0.1) is 0 Å². The maximum Gasteiger partial charge on any atom is 0.263 e. The van der Waals surface area contributed by atoms with E-state index in [-0.39, 0.29) is 5.91 Å². The summed E-state index contributed by atoms with van der Waals surface area (Å²) in [5.41, 5.74) is 0.948. The average Bonchev–Trinajstić information content (AvgIpc) is 2.41. The molecule has 1 fully saturated rings. The van der Waals surface area contributed by atoms with Gasteiger partial charge in [0, 0.05) is 17.6 Å². The van der Waals surface area contributed by atoms with Gasteiger partial charge < -0.3 is 9.64 Å². The highest BCUT2D eigenvalue weighted by atomic mass is 35.5. The molecule has 0 aliphatic carbocycles. The zero-order chi connectivity index (χ0) is 14.7. The first-order valence-electron chi connectivity index (χ1n) is 7.22. The lowest BCUT2D eigenvalue weighted by molar-refractivity contribution is -0.141. The van der Waals surface area contributed by atoms with Crippen molar-refractivity contribution in [3.8, 4) is 5.75 Å². The maximum atomic E-state index is 12.5. The third-order valence-electron chi connectivity index (χ3n) is 3.87. The van der Waals surface area contributed by atoms with Crippen LogP contribution in [0.15, 0.2) is 18.2 Å². The Labute approximate surface area is 125 Å². The predicted molar refractivity (Wildman–Crippen MR) is 81.3 cm³/mol. The summed E-state index contributed by atoms with van der Waals surface area (Å²) in [5, 5.41) is 0.679. The zero-order valence-corrected chi connectivity index (χ0v) is 13.1. The Morgan fingerprint density at radius 3 is 2.85 bits per heavy atom. The van der Waals surface area contributed by atoms with Gasteiger partial charge in [0.15, 0.2) is 6.10 Å². The van der Waals surface area contributed by atoms with E-state index in [1.165, 1.54) is 6.42 Å². The minimum absolute atomic E-state index is 0.0755. The van der Waals surface area contributed by atoms with E-state index in [0.29, 0.717) is 11.1 Å². The second-order valence-corrected chi connectivity index (χ2v) is 5.98. The quantitative estimate of drug-likeness (QED) is 0.848. The van der Waals surface area contributed by atoms with E-state index in [2.05, 4.69) is 6.92 Å². The van der Waals surface area contributed by atoms with Gasteiger partial charge in [0.25, 0.3) is 5.91 Å². The summed E-state index contributed by atoms with van der Waals surface area (Å²) < 4.78 is 5.81. The third-order valence-corrected chi connectivity index (χ3v) is 4.11. The van der Waals surface area contributed by atoms with Gasteiger partial charge in [-0.1, -0.05) is 11.6 Å². The van der Waals surface area contributed by atoms with Crippen molar-refractivity contribution in [3.05, 3.63) is 28.8 Å². The number of piperidine rings is 1. The SMILES string of the molecule is Cc1cc(Cl)ccc1OC(C)C(=O)N1CCCCC1C. The summed E-state index contributed by atoms with van der Waals surface area (Å²) in [6, 6.07) is 5.76. The monoisotopic (exact) mass is 295 g/mol. The van der Waals surface area contributed by atoms with E-state index in [0.717, 1.165) is 30.7 Å². The molecule has 1 aromatic carbocycles. The van der Waals surface area contributed by atoms with E-state index < -0.39 is 6.10 Å². The molecule has 2 rings (SSSR count). The summed E-state index contributed by atoms with van der Waals surface area (Å²) in [6.45, 7) is 6.70. The Morgan fingerprint density at radius 2 is 2.20 bits per heavy atom. The number of benzene rings is 1. The van der Waals surface area contributed by atoms with E-state index >= 15 is 0 Å². The fraction of sp³-hybridized carbons (Fsp3) is 0.562. The Kier molecular flexibility index (Phi) is 4.92. The number of likely N-dealkylation sites (tertiary alicyclic amines) is 1. The number of ether oxygens (including phenoxy) is 1. The highest BCUT2D eigenvalue weighted by Crippen LogP contribution is 2.24. The van der Waals surface area contributed by atoms with Crippen LogP contribution in [0.5, 0.6) is 5.75 Å². The smallest absolute Gasteiger partial charge is 0.263 e. The summed E-state index contributed by atoms with van der Waals surface area (Å²) in [4.78, 5) is 14.4. The Balaban J connectivity index is 2.03. The molecule has 4 heteroatoms. The van der Waals surface area contributed by atoms with Crippen molar-refractivity contribution in [1.82, 2.24) is 4.90 Å². The Bertz CT molecular complexity index is 489. The van der Waals surface area contributed by atoms with Gasteiger partial charge in [-0.3, -0.25) is 4.79 Å². The number of rotatable bonds is 3. The molecule has 0 N–H and O–H groups in total. The number of hydrogen-bond donors (Lipinski definition) is 0. The van der Waals surface area contributed by atoms with Gasteiger partial charge in [-0.05, 0) is 63.8 Å². The topological polar surface area (TPSA) is 29.5 Å². The molecule has 0 spiro atoms. The molecule has 1 aliphatic rings. The van der Waals surface area contributed by atoms with E-state index in [1.807, 2.05) is 30.9 Å². The van der Waals surface area contributed by atoms with Gasteiger partial charge in [0.05, 0.1) is 0 Å². The molecule has 110 valence electrons. The molecule has 0 bridgehead atoms. The molecule has 0 aromatic heterocycles. The van der Waals surface area contributed by atoms with Crippen molar-refractivity contribution >= 4 is 17.5 Å². The summed E-state index contributed by atoms with van der Waals surface area (Å²) in [6.07, 6.45) is 2.91. The lowest BCUT2D eigenvalue weighted by Gasteiger charge is -2.35. The minimum Gasteiger partial charge on any atom is -0.481 e. The maximum absolute atomic E-state index is 12.5. The third kappa shape index (κ3) is 3.45. The first-order valence-corrected chi connectivity index (χ1v) is 7.60. The standard InChI is InChI=1S/C16H22ClNO2/c1-11-10-14(17)7-8-15(11)20-13(3)16(19)18-9-5-4-6-12(18)2/h7-8,10,12-13H,4-6,9H2,1-3H3. The number of nitrogens with zero attached hydrogens (tertiary/aromatic N) is 1. The van der Waals surface area contributed by atoms with Crippen LogP contribution in [0, 0.1) is 6.92 Å². The fourth-order valence-electron chi connectivity index (χ4n) is 2.64. The zero-order valence-electron chi connectivity index (χ0n) is 12.4. The van der Waals surface area contributed by atoms with Crippen LogP contribution in [0.25, 0.3) is 0 Å². The Hall–Kier alpha value is -1.22. The molecule has 2 unspecified atom stereocenters. The largest absolute Gasteiger partial charge is 0.481 e. The summed E-state index contributed by atoms with van der Waals surface area (Å²) in [5.74, 6) is 0.798. The molecule has 1 saturated heterocycles. The highest BCUT2D eigenvalue weighted by Gasteiger charge is 2.28. The van der Waals surface area contributed by atoms with Gasteiger partial charge in [0.1, 0.15) is 5.75 Å². The number of aryl methyl sites for hydroxylation is 1. The molecule has 20 heavy (non-hydrogen) atoms. The molecule has 1 heterocycles. The van der Waals surface area contributed by atoms with Crippen molar-refractivity contribution in [2.45, 2.75) is 52.2 Å². The van der Waals surface area contributed by atoms with Gasteiger partial charge >= 0.3 is 0 Å². The van der Waals surface area contributed by atoms with Crippen LogP contribution >= 0.6 is 11.6 Å². The van der Waals surface area contributed by atoms with Crippen LogP contribution in [-0.4, -0.2) is 29.5 Å². The van der Waals surface area contributed by atoms with Gasteiger partial charge in [0.2, 0.25) is 0 Å². The normalized spacial score (nSPS) is 20.6. The lowest BCUT2D eigenvalue weighted by atomic mass is 10.0. The number of carbonyl (C=O) groups is 1. The van der Waals surface area contributed by atoms with Crippen molar-refractivity contribution < 1.29 is 9.53 Å². The van der Waals surface area contributed by atoms with E-state index in [1.54, 1.807) is 6.07 Å². The lowest BCUT2D eigenvalue weighted by Crippen LogP contribution is -2.47. The number of amides is 1. The summed E-state index contributed by atoms with van der Waals surface area (Å²) >= 11 is 5.93. The Morgan fingerprint density at radius 1 is 1.45 bits per heavy atom. The van der Waals surface area contributed by atoms with Crippen LogP contribution in [0.3, 0.4) is 0 Å². The minimum atomic E-state index is -0.463. The molecular weight excluding hydrogens is 274 g/mol. The average molecular weight is 296 g/mol. The molecule has 1 amide bonds. The van der Waals surface area contributed by atoms with Crippen molar-refractivity contribution in [1.29, 1.82) is 0 Å². The van der Waals surface area contributed by atoms with Gasteiger partial charge in [-0.2, -0.15) is 0 Å². The van der Waals surface area contributed by atoms with Crippen LogP contribution in [0.4, 0.5) is 0 Å². The number of hydrogen-bond acceptors (Lipinski definition) is 2. The first-order chi connectivity index (χ1) is 9.49. The molecule has 0 saturated carbocycles. The predicted octanol–water partition coefficient (Wildman–Crippen LogP) is 3.82. The second kappa shape index (κ2) is 6.49. The molecule has 0 radical (unpaired) electrons. The second-order valence-electron chi connectivity index (χ2n) is 5.55. The molecule has 3 nitrogen and oxygen atoms in total. The summed E-state index contributed by atoms with van der Waals surface area (Å²) in [7, 11) is 0. The first kappa shape index (κ1) is 15.2. The highest BCUT2D eigenvalue weighted by molar-refractivity contribution is 6.30. The fourth-order valence-corrected chi connectivity index (χ4v) is 2.87. The van der Waals surface area contributed by atoms with Crippen molar-refractivity contribution in [2.24, 2.45) is 0 Å². The van der Waals surface area contributed by atoms with Crippen LogP contribution in [-0.2, 0) is 4.79 Å². The van der Waals surface area contributed by atoms with E-state index in [9.17, 15) is 4.79 Å². The van der Waals surface area contributed by atoms with E-state index in [4.69, 9.17) is 16.3 Å². The number of halogens is 1. The van der Waals surface area contributed by atoms with Crippen LogP contribution in [0.1, 0.15) is 38.7 Å². The molecule has 1 aliphatic heterocycles. The van der Waals surface area contributed by atoms with Gasteiger partial charge in [-0.25, -0.2) is 0 Å². The number of carbonyl (C=O) groups excluding carboxylic acids is 1. The molecular formula is C16H22ClNO2. The van der Waals surface area contributed by atoms with Crippen molar-refractivity contribution in [3.63, 3.8) is 0 Å². The van der Waals surface area contributed by atoms with Crippen LogP contribution in [0.2, 0.25) is 5.02 Å². The molecule has 1 aromatic rings. The van der Waals surface area contributed by atoms with Crippen LogP contribution < -0.4 is 4.74 Å².